The smallest absolute Gasteiger partial charge is 0.115 e. The highest BCUT2D eigenvalue weighted by Crippen LogP contribution is 2.37. The van der Waals surface area contributed by atoms with Crippen LogP contribution in [0.15, 0.2) is 36.4 Å². The van der Waals surface area contributed by atoms with Crippen LogP contribution in [0, 0.1) is 0 Å². The molecule has 2 aromatic carbocycles. The summed E-state index contributed by atoms with van der Waals surface area (Å²) in [4.78, 5) is 0. The Morgan fingerprint density at radius 2 is 1.14 bits per heavy atom. The molecular weight excluding hydrogens is 268 g/mol. The number of hydrogen-bond acceptors (Lipinski definition) is 4. The summed E-state index contributed by atoms with van der Waals surface area (Å²) in [5, 5.41) is 38.2. The molecule has 0 radical (unpaired) electrons. The molecule has 4 heteroatoms. The van der Waals surface area contributed by atoms with E-state index >= 15 is 0 Å². The van der Waals surface area contributed by atoms with Crippen LogP contribution in [-0.4, -0.2) is 20.4 Å². The molecule has 0 heterocycles. The van der Waals surface area contributed by atoms with Gasteiger partial charge in [0, 0.05) is 5.41 Å². The van der Waals surface area contributed by atoms with Gasteiger partial charge in [0.2, 0.25) is 0 Å². The minimum absolute atomic E-state index is 0.103. The first-order chi connectivity index (χ1) is 9.90. The fourth-order valence-electron chi connectivity index (χ4n) is 2.79. The van der Waals surface area contributed by atoms with Crippen LogP contribution < -0.4 is 0 Å². The maximum Gasteiger partial charge on any atom is 0.115 e. The van der Waals surface area contributed by atoms with Crippen LogP contribution in [0.25, 0.3) is 0 Å². The van der Waals surface area contributed by atoms with Gasteiger partial charge in [0.1, 0.15) is 11.5 Å². The Morgan fingerprint density at radius 3 is 1.48 bits per heavy atom. The minimum atomic E-state index is -0.489. The van der Waals surface area contributed by atoms with Crippen LogP contribution >= 0.6 is 0 Å². The first-order valence-corrected chi connectivity index (χ1v) is 6.76. The number of phenolic OH excluding ortho intramolecular Hbond substituents is 2. The summed E-state index contributed by atoms with van der Waals surface area (Å²) in [5.74, 6) is 0.207. The van der Waals surface area contributed by atoms with E-state index in [4.69, 9.17) is 0 Å². The SMILES string of the molecule is CC(C)(c1ccc(O)cc1CO)c1ccc(O)cc1CO. The molecule has 0 spiro atoms. The summed E-state index contributed by atoms with van der Waals surface area (Å²) in [6.07, 6.45) is 0. The van der Waals surface area contributed by atoms with Crippen molar-refractivity contribution < 1.29 is 20.4 Å². The minimum Gasteiger partial charge on any atom is -0.508 e. The lowest BCUT2D eigenvalue weighted by Gasteiger charge is -2.30. The topological polar surface area (TPSA) is 80.9 Å². The van der Waals surface area contributed by atoms with Crippen molar-refractivity contribution in [2.45, 2.75) is 32.5 Å². The van der Waals surface area contributed by atoms with Crippen molar-refractivity contribution in [1.29, 1.82) is 0 Å². The molecule has 0 aliphatic heterocycles. The summed E-state index contributed by atoms with van der Waals surface area (Å²) < 4.78 is 0. The van der Waals surface area contributed by atoms with Crippen molar-refractivity contribution in [3.8, 4) is 11.5 Å². The van der Waals surface area contributed by atoms with E-state index in [9.17, 15) is 20.4 Å². The summed E-state index contributed by atoms with van der Waals surface area (Å²) in [7, 11) is 0. The van der Waals surface area contributed by atoms with Crippen molar-refractivity contribution in [1.82, 2.24) is 0 Å². The van der Waals surface area contributed by atoms with Gasteiger partial charge in [0.05, 0.1) is 13.2 Å². The Hall–Kier alpha value is -2.04. The average Bonchev–Trinajstić information content (AvgIpc) is 2.46. The van der Waals surface area contributed by atoms with Crippen molar-refractivity contribution in [2.75, 3.05) is 0 Å². The lowest BCUT2D eigenvalue weighted by molar-refractivity contribution is 0.275. The van der Waals surface area contributed by atoms with Crippen molar-refractivity contribution in [2.24, 2.45) is 0 Å². The van der Waals surface area contributed by atoms with Gasteiger partial charge in [-0.05, 0) is 46.5 Å². The van der Waals surface area contributed by atoms with E-state index < -0.39 is 5.41 Å². The third kappa shape index (κ3) is 2.86. The van der Waals surface area contributed by atoms with Crippen molar-refractivity contribution in [3.63, 3.8) is 0 Å². The Bertz CT molecular complexity index is 592. The number of rotatable bonds is 4. The summed E-state index contributed by atoms with van der Waals surface area (Å²) in [6, 6.07) is 9.78. The molecular formula is C17H20O4. The number of phenols is 2. The van der Waals surface area contributed by atoms with E-state index in [1.165, 1.54) is 12.1 Å². The molecule has 4 nitrogen and oxygen atoms in total. The number of aliphatic hydroxyl groups excluding tert-OH is 2. The van der Waals surface area contributed by atoms with E-state index in [1.807, 2.05) is 13.8 Å². The zero-order valence-corrected chi connectivity index (χ0v) is 12.2. The average molecular weight is 288 g/mol. The molecule has 2 aromatic rings. The molecule has 4 N–H and O–H groups in total. The van der Waals surface area contributed by atoms with Crippen molar-refractivity contribution in [3.05, 3.63) is 58.7 Å². The van der Waals surface area contributed by atoms with Gasteiger partial charge >= 0.3 is 0 Å². The van der Waals surface area contributed by atoms with Gasteiger partial charge in [0.15, 0.2) is 0 Å². The number of hydrogen-bond donors (Lipinski definition) is 4. The lowest BCUT2D eigenvalue weighted by Crippen LogP contribution is -2.23. The summed E-state index contributed by atoms with van der Waals surface area (Å²) in [5.41, 5.74) is 2.51. The van der Waals surface area contributed by atoms with E-state index in [0.717, 1.165) is 11.1 Å². The molecule has 0 fully saturated rings. The molecule has 0 amide bonds. The second-order valence-electron chi connectivity index (χ2n) is 5.62. The molecule has 0 aliphatic rings. The molecule has 0 aliphatic carbocycles. The highest BCUT2D eigenvalue weighted by atomic mass is 16.3. The number of benzene rings is 2. The molecule has 112 valence electrons. The monoisotopic (exact) mass is 288 g/mol. The molecule has 0 atom stereocenters. The van der Waals surface area contributed by atoms with Gasteiger partial charge < -0.3 is 20.4 Å². The van der Waals surface area contributed by atoms with Crippen LogP contribution in [0.1, 0.15) is 36.1 Å². The van der Waals surface area contributed by atoms with Crippen LogP contribution in [0.2, 0.25) is 0 Å². The zero-order valence-electron chi connectivity index (χ0n) is 12.2. The molecule has 0 saturated carbocycles. The van der Waals surface area contributed by atoms with Crippen LogP contribution in [0.5, 0.6) is 11.5 Å². The van der Waals surface area contributed by atoms with Gasteiger partial charge in [0.25, 0.3) is 0 Å². The van der Waals surface area contributed by atoms with Gasteiger partial charge in [-0.25, -0.2) is 0 Å². The third-order valence-corrected chi connectivity index (χ3v) is 3.87. The van der Waals surface area contributed by atoms with Gasteiger partial charge in [-0.3, -0.25) is 0 Å². The fraction of sp³-hybridized carbons (Fsp3) is 0.294. The first kappa shape index (κ1) is 15.4. The summed E-state index contributed by atoms with van der Waals surface area (Å²) in [6.45, 7) is 3.59. The van der Waals surface area contributed by atoms with E-state index in [0.29, 0.717) is 11.1 Å². The molecule has 0 aromatic heterocycles. The van der Waals surface area contributed by atoms with Crippen LogP contribution in [0.4, 0.5) is 0 Å². The normalized spacial score (nSPS) is 11.6. The Kier molecular flexibility index (Phi) is 4.21. The van der Waals surface area contributed by atoms with E-state index in [-0.39, 0.29) is 24.7 Å². The lowest BCUT2D eigenvalue weighted by atomic mass is 9.74. The van der Waals surface area contributed by atoms with Gasteiger partial charge in [-0.15, -0.1) is 0 Å². The van der Waals surface area contributed by atoms with Crippen LogP contribution in [0.3, 0.4) is 0 Å². The Labute approximate surface area is 123 Å². The largest absolute Gasteiger partial charge is 0.508 e. The standard InChI is InChI=1S/C17H20O4/c1-17(2,15-5-3-13(20)7-11(15)9-18)16-6-4-14(21)8-12(16)10-19/h3-8,18-21H,9-10H2,1-2H3. The predicted octanol–water partition coefficient (Wildman–Crippen LogP) is 2.41. The number of aliphatic hydroxyl groups is 2. The fourth-order valence-corrected chi connectivity index (χ4v) is 2.79. The molecule has 0 bridgehead atoms. The molecule has 0 unspecified atom stereocenters. The third-order valence-electron chi connectivity index (χ3n) is 3.87. The highest BCUT2D eigenvalue weighted by molar-refractivity contribution is 5.49. The first-order valence-electron chi connectivity index (χ1n) is 6.76. The zero-order chi connectivity index (χ0) is 15.6. The van der Waals surface area contributed by atoms with Gasteiger partial charge in [-0.2, -0.15) is 0 Å². The van der Waals surface area contributed by atoms with E-state index in [2.05, 4.69) is 0 Å². The van der Waals surface area contributed by atoms with E-state index in [1.54, 1.807) is 24.3 Å². The predicted molar refractivity (Wildman–Crippen MR) is 80.2 cm³/mol. The summed E-state index contributed by atoms with van der Waals surface area (Å²) >= 11 is 0. The van der Waals surface area contributed by atoms with Crippen molar-refractivity contribution >= 4 is 0 Å². The van der Waals surface area contributed by atoms with Gasteiger partial charge in [-0.1, -0.05) is 26.0 Å². The number of aromatic hydroxyl groups is 2. The quantitative estimate of drug-likeness (QED) is 0.696. The Balaban J connectivity index is 2.61. The second kappa shape index (κ2) is 5.76. The second-order valence-corrected chi connectivity index (χ2v) is 5.62. The highest BCUT2D eigenvalue weighted by Gasteiger charge is 2.28. The molecule has 2 rings (SSSR count). The molecule has 0 saturated heterocycles. The molecule has 21 heavy (non-hydrogen) atoms. The maximum atomic E-state index is 9.56. The van der Waals surface area contributed by atoms with Crippen LogP contribution in [-0.2, 0) is 18.6 Å². The Morgan fingerprint density at radius 1 is 0.762 bits per heavy atom. The maximum absolute atomic E-state index is 9.56.